The summed E-state index contributed by atoms with van der Waals surface area (Å²) in [6.45, 7) is 5.41. The Hall–Kier alpha value is -3.03. The van der Waals surface area contributed by atoms with E-state index < -0.39 is 0 Å². The van der Waals surface area contributed by atoms with Crippen molar-refractivity contribution in [3.63, 3.8) is 0 Å². The molecular formula is C23H30N8OS. The van der Waals surface area contributed by atoms with Crippen LogP contribution < -0.4 is 21.7 Å². The molecule has 174 valence electrons. The van der Waals surface area contributed by atoms with Crippen molar-refractivity contribution in [2.75, 3.05) is 36.8 Å². The Morgan fingerprint density at radius 2 is 2.18 bits per heavy atom. The number of hydrogen-bond donors (Lipinski definition) is 3. The number of allylic oxidation sites excluding steroid dienone is 2. The minimum Gasteiger partial charge on any atom is -0.401 e. The van der Waals surface area contributed by atoms with Gasteiger partial charge in [0.05, 0.1) is 5.56 Å². The Morgan fingerprint density at radius 3 is 2.97 bits per heavy atom. The van der Waals surface area contributed by atoms with Crippen LogP contribution in [0, 0.1) is 11.3 Å². The number of aryl methyl sites for hydroxylation is 1. The maximum absolute atomic E-state index is 13.6. The topological polar surface area (TPSA) is 147 Å². The van der Waals surface area contributed by atoms with Gasteiger partial charge in [-0.3, -0.25) is 4.79 Å². The van der Waals surface area contributed by atoms with Crippen LogP contribution in [0.25, 0.3) is 0 Å². The summed E-state index contributed by atoms with van der Waals surface area (Å²) in [4.78, 5) is 29.8. The molecule has 3 heterocycles. The van der Waals surface area contributed by atoms with Crippen LogP contribution in [0.2, 0.25) is 0 Å². The zero-order valence-electron chi connectivity index (χ0n) is 18.9. The molecule has 1 fully saturated rings. The van der Waals surface area contributed by atoms with Crippen molar-refractivity contribution >= 4 is 28.1 Å². The van der Waals surface area contributed by atoms with Crippen LogP contribution in [0.15, 0.2) is 17.6 Å². The van der Waals surface area contributed by atoms with Gasteiger partial charge in [-0.25, -0.2) is 9.97 Å². The molecule has 9 nitrogen and oxygen atoms in total. The van der Waals surface area contributed by atoms with E-state index >= 15 is 0 Å². The van der Waals surface area contributed by atoms with Crippen molar-refractivity contribution in [1.29, 1.82) is 5.26 Å². The van der Waals surface area contributed by atoms with E-state index in [1.807, 2.05) is 6.92 Å². The number of nitrogens with two attached hydrogens (primary N) is 2. The molecule has 1 atom stereocenters. The van der Waals surface area contributed by atoms with Crippen LogP contribution in [-0.2, 0) is 6.42 Å². The zero-order chi connectivity index (χ0) is 23.4. The number of fused-ring (bicyclic) bond motifs is 1. The normalized spacial score (nSPS) is 19.3. The molecule has 0 amide bonds. The van der Waals surface area contributed by atoms with Crippen LogP contribution in [0.5, 0.6) is 0 Å². The molecule has 4 rings (SSSR count). The maximum atomic E-state index is 13.6. The molecule has 1 aliphatic heterocycles. The first-order valence-electron chi connectivity index (χ1n) is 11.5. The fourth-order valence-electron chi connectivity index (χ4n) is 4.68. The summed E-state index contributed by atoms with van der Waals surface area (Å²) >= 11 is 1.46. The fraction of sp³-hybridized carbons (Fsp3) is 0.522. The molecule has 10 heteroatoms. The lowest BCUT2D eigenvalue weighted by Crippen LogP contribution is -2.30. The summed E-state index contributed by atoms with van der Waals surface area (Å²) in [5.41, 5.74) is 15.2. The van der Waals surface area contributed by atoms with Gasteiger partial charge in [-0.15, -0.1) is 11.3 Å². The van der Waals surface area contributed by atoms with Gasteiger partial charge >= 0.3 is 0 Å². The molecule has 0 bridgehead atoms. The number of carbonyl (C=O) groups is 1. The average molecular weight is 467 g/mol. The van der Waals surface area contributed by atoms with E-state index in [4.69, 9.17) is 11.5 Å². The number of ketones is 1. The lowest BCUT2D eigenvalue weighted by atomic mass is 9.81. The summed E-state index contributed by atoms with van der Waals surface area (Å²) in [5.74, 6) is 0.175. The summed E-state index contributed by atoms with van der Waals surface area (Å²) < 4.78 is 0. The highest BCUT2D eigenvalue weighted by Gasteiger charge is 2.32. The number of nitrogens with zero attached hydrogens (tertiary/aromatic N) is 5. The third-order valence-electron chi connectivity index (χ3n) is 6.29. The molecule has 33 heavy (non-hydrogen) atoms. The number of aromatic nitrogens is 3. The van der Waals surface area contributed by atoms with Crippen molar-refractivity contribution in [3.05, 3.63) is 39.4 Å². The van der Waals surface area contributed by atoms with Crippen LogP contribution in [0.4, 0.5) is 10.9 Å². The molecule has 1 saturated heterocycles. The van der Waals surface area contributed by atoms with Gasteiger partial charge in [0.2, 0.25) is 17.6 Å². The number of Topliss-reactive ketones (excluding diaryl/α,β-unsaturated/α-hetero) is 1. The largest absolute Gasteiger partial charge is 0.401 e. The number of nitrogens with one attached hydrogen (secondary N) is 1. The van der Waals surface area contributed by atoms with Gasteiger partial charge < -0.3 is 21.7 Å². The molecule has 2 aliphatic rings. The van der Waals surface area contributed by atoms with Crippen LogP contribution in [0.1, 0.15) is 71.6 Å². The van der Waals surface area contributed by atoms with Gasteiger partial charge in [0.25, 0.3) is 0 Å². The van der Waals surface area contributed by atoms with Crippen molar-refractivity contribution in [2.24, 2.45) is 5.73 Å². The number of anilines is 2. The highest BCUT2D eigenvalue weighted by atomic mass is 32.1. The van der Waals surface area contributed by atoms with E-state index in [1.165, 1.54) is 17.7 Å². The number of hydrogen-bond acceptors (Lipinski definition) is 10. The van der Waals surface area contributed by atoms with Crippen molar-refractivity contribution < 1.29 is 4.79 Å². The van der Waals surface area contributed by atoms with Crippen molar-refractivity contribution in [3.8, 4) is 6.07 Å². The third-order valence-corrected chi connectivity index (χ3v) is 7.38. The molecule has 0 aromatic carbocycles. The van der Waals surface area contributed by atoms with Crippen molar-refractivity contribution in [2.45, 2.75) is 51.4 Å². The number of nitrogen functional groups attached to an aromatic ring is 1. The number of nitriles is 1. The first-order valence-corrected chi connectivity index (χ1v) is 12.4. The minimum atomic E-state index is -0.264. The first kappa shape index (κ1) is 23.1. The van der Waals surface area contributed by atoms with Gasteiger partial charge in [-0.1, -0.05) is 13.3 Å². The van der Waals surface area contributed by atoms with E-state index in [2.05, 4.69) is 31.2 Å². The minimum absolute atomic E-state index is 0.116. The Bertz CT molecular complexity index is 1090. The average Bonchev–Trinajstić information content (AvgIpc) is 2.99. The molecular weight excluding hydrogens is 436 g/mol. The van der Waals surface area contributed by atoms with E-state index in [0.717, 1.165) is 68.7 Å². The molecule has 0 radical (unpaired) electrons. The first-order chi connectivity index (χ1) is 16.0. The number of carbonyl (C=O) groups excluding carboxylic acids is 1. The Morgan fingerprint density at radius 1 is 1.33 bits per heavy atom. The van der Waals surface area contributed by atoms with Gasteiger partial charge in [-0.05, 0) is 44.2 Å². The molecule has 2 aromatic heterocycles. The molecule has 0 unspecified atom stereocenters. The van der Waals surface area contributed by atoms with Gasteiger partial charge in [0.1, 0.15) is 17.4 Å². The smallest absolute Gasteiger partial charge is 0.229 e. The van der Waals surface area contributed by atoms with Gasteiger partial charge in [0.15, 0.2) is 0 Å². The summed E-state index contributed by atoms with van der Waals surface area (Å²) in [6, 6.07) is 2.25. The highest BCUT2D eigenvalue weighted by Crippen LogP contribution is 2.44. The Kier molecular flexibility index (Phi) is 7.20. The quantitative estimate of drug-likeness (QED) is 0.431. The van der Waals surface area contributed by atoms with E-state index in [0.29, 0.717) is 34.2 Å². The molecule has 5 N–H and O–H groups in total. The summed E-state index contributed by atoms with van der Waals surface area (Å²) in [6.07, 6.45) is 6.27. The highest BCUT2D eigenvalue weighted by molar-refractivity contribution is 7.16. The summed E-state index contributed by atoms with van der Waals surface area (Å²) in [7, 11) is 0. The standard InChI is InChI=1S/C23H30N8OS/c1-2-5-15(19(25)14-6-3-7-17-18(14)16(12-24)21(26)33-17)20(32)22-28-13-29-23(30-22)31-10-4-8-27-9-11-31/h13-14,27H,2-11,25-26H2,1H3/t14-/m0/s1. The monoisotopic (exact) mass is 466 g/mol. The lowest BCUT2D eigenvalue weighted by molar-refractivity contribution is 0.101. The second kappa shape index (κ2) is 10.3. The molecule has 0 saturated carbocycles. The van der Waals surface area contributed by atoms with Crippen molar-refractivity contribution in [1.82, 2.24) is 20.3 Å². The Labute approximate surface area is 197 Å². The van der Waals surface area contributed by atoms with Crippen LogP contribution >= 0.6 is 11.3 Å². The second-order valence-corrected chi connectivity index (χ2v) is 9.58. The SMILES string of the molecule is CCCC(C(=O)c1ncnc(N2CCCNCC2)n1)=C(N)[C@H]1CCCc2sc(N)c(C#N)c21. The van der Waals surface area contributed by atoms with E-state index in [-0.39, 0.29) is 17.5 Å². The van der Waals surface area contributed by atoms with Crippen LogP contribution in [0.3, 0.4) is 0 Å². The molecule has 0 spiro atoms. The maximum Gasteiger partial charge on any atom is 0.229 e. The third kappa shape index (κ3) is 4.70. The zero-order valence-corrected chi connectivity index (χ0v) is 19.7. The molecule has 2 aromatic rings. The van der Waals surface area contributed by atoms with E-state index in [1.54, 1.807) is 0 Å². The summed E-state index contributed by atoms with van der Waals surface area (Å²) in [5, 5.41) is 13.6. The van der Waals surface area contributed by atoms with Crippen LogP contribution in [-0.4, -0.2) is 46.9 Å². The second-order valence-electron chi connectivity index (χ2n) is 8.45. The lowest BCUT2D eigenvalue weighted by Gasteiger charge is -2.25. The predicted octanol–water partition coefficient (Wildman–Crippen LogP) is 2.50. The fourth-order valence-corrected chi connectivity index (χ4v) is 5.81. The van der Waals surface area contributed by atoms with Gasteiger partial charge in [-0.2, -0.15) is 10.2 Å². The molecule has 1 aliphatic carbocycles. The number of thiophene rings is 1. The number of rotatable bonds is 6. The van der Waals surface area contributed by atoms with E-state index in [9.17, 15) is 10.1 Å². The van der Waals surface area contributed by atoms with Gasteiger partial charge in [0, 0.05) is 41.7 Å². The predicted molar refractivity (Wildman–Crippen MR) is 129 cm³/mol. The Balaban J connectivity index is 1.70.